The van der Waals surface area contributed by atoms with Crippen LogP contribution < -0.4 is 0 Å². The first-order chi connectivity index (χ1) is 14.0. The summed E-state index contributed by atoms with van der Waals surface area (Å²) in [5.41, 5.74) is 2.77. The van der Waals surface area contributed by atoms with Crippen LogP contribution in [0.4, 0.5) is 0 Å². The van der Waals surface area contributed by atoms with Crippen LogP contribution >= 0.6 is 11.3 Å². The van der Waals surface area contributed by atoms with E-state index >= 15 is 0 Å². The normalized spacial score (nSPS) is 12.1. The van der Waals surface area contributed by atoms with Crippen LogP contribution in [-0.2, 0) is 0 Å². The van der Waals surface area contributed by atoms with E-state index < -0.39 is 0 Å². The molecule has 0 aromatic carbocycles. The molecule has 0 aliphatic heterocycles. The maximum absolute atomic E-state index is 13.1. The fraction of sp³-hybridized carbons (Fsp3) is 0.250. The lowest BCUT2D eigenvalue weighted by Crippen LogP contribution is -2.30. The molecule has 0 radical (unpaired) electrons. The van der Waals surface area contributed by atoms with Crippen molar-refractivity contribution in [3.8, 4) is 17.4 Å². The Morgan fingerprint density at radius 2 is 2.10 bits per heavy atom. The van der Waals surface area contributed by atoms with Gasteiger partial charge in [0.1, 0.15) is 10.7 Å². The van der Waals surface area contributed by atoms with Crippen molar-refractivity contribution in [2.75, 3.05) is 7.05 Å². The number of aryl methyl sites for hydroxylation is 1. The van der Waals surface area contributed by atoms with Crippen molar-refractivity contribution in [3.63, 3.8) is 0 Å². The van der Waals surface area contributed by atoms with Gasteiger partial charge in [-0.15, -0.1) is 11.3 Å². The molecule has 0 N–H and O–H groups in total. The highest BCUT2D eigenvalue weighted by Gasteiger charge is 2.25. The van der Waals surface area contributed by atoms with Gasteiger partial charge in [0.05, 0.1) is 29.8 Å². The maximum atomic E-state index is 13.1. The van der Waals surface area contributed by atoms with Gasteiger partial charge in [0.25, 0.3) is 11.9 Å². The Kier molecular flexibility index (Phi) is 4.98. The number of thiazole rings is 1. The Morgan fingerprint density at radius 3 is 2.79 bits per heavy atom. The predicted octanol–water partition coefficient (Wildman–Crippen LogP) is 3.83. The van der Waals surface area contributed by atoms with Crippen LogP contribution in [0.3, 0.4) is 0 Å². The molecule has 1 unspecified atom stereocenters. The fourth-order valence-electron chi connectivity index (χ4n) is 2.93. The number of nitrogens with zero attached hydrogens (tertiary/aromatic N) is 6. The number of carbonyl (C=O) groups excluding carboxylic acids is 1. The number of furan rings is 1. The molecule has 9 heteroatoms. The molecule has 0 aliphatic carbocycles. The van der Waals surface area contributed by atoms with Gasteiger partial charge < -0.3 is 9.32 Å². The van der Waals surface area contributed by atoms with Crippen LogP contribution in [0.2, 0.25) is 0 Å². The third-order valence-corrected chi connectivity index (χ3v) is 5.87. The van der Waals surface area contributed by atoms with E-state index in [2.05, 4.69) is 20.1 Å². The molecular weight excluding hydrogens is 388 g/mol. The lowest BCUT2D eigenvalue weighted by Gasteiger charge is -2.23. The first kappa shape index (κ1) is 19.0. The second kappa shape index (κ2) is 7.59. The summed E-state index contributed by atoms with van der Waals surface area (Å²) in [4.78, 5) is 28.1. The Bertz CT molecular complexity index is 1150. The van der Waals surface area contributed by atoms with E-state index in [0.717, 1.165) is 10.7 Å². The molecule has 1 atom stereocenters. The van der Waals surface area contributed by atoms with Gasteiger partial charge >= 0.3 is 0 Å². The number of hydrogen-bond acceptors (Lipinski definition) is 7. The molecule has 0 aliphatic rings. The molecular formula is C20H20N6O2S. The van der Waals surface area contributed by atoms with Crippen molar-refractivity contribution < 1.29 is 9.21 Å². The van der Waals surface area contributed by atoms with Gasteiger partial charge in [0.15, 0.2) is 5.76 Å². The molecule has 0 bridgehead atoms. The van der Waals surface area contributed by atoms with Crippen molar-refractivity contribution in [3.05, 3.63) is 64.2 Å². The summed E-state index contributed by atoms with van der Waals surface area (Å²) in [5.74, 6) is 0.889. The number of rotatable bonds is 5. The number of carbonyl (C=O) groups is 1. The van der Waals surface area contributed by atoms with Gasteiger partial charge in [-0.3, -0.25) is 4.79 Å². The van der Waals surface area contributed by atoms with Crippen molar-refractivity contribution in [2.45, 2.75) is 26.8 Å². The molecule has 0 saturated heterocycles. The molecule has 4 aromatic rings. The molecule has 1 amide bonds. The van der Waals surface area contributed by atoms with Gasteiger partial charge in [0.2, 0.25) is 0 Å². The SMILES string of the molecule is Cc1csc(C(C)N(C)C(=O)c2cnn(-c3nccc(-c4ccco4)n3)c2C)n1. The van der Waals surface area contributed by atoms with Crippen molar-refractivity contribution in [1.29, 1.82) is 0 Å². The molecule has 4 rings (SSSR count). The summed E-state index contributed by atoms with van der Waals surface area (Å²) in [7, 11) is 1.77. The van der Waals surface area contributed by atoms with E-state index in [4.69, 9.17) is 4.42 Å². The van der Waals surface area contributed by atoms with Gasteiger partial charge in [-0.05, 0) is 39.0 Å². The van der Waals surface area contributed by atoms with Crippen LogP contribution in [0.25, 0.3) is 17.4 Å². The number of aromatic nitrogens is 5. The van der Waals surface area contributed by atoms with E-state index in [1.165, 1.54) is 0 Å². The third-order valence-electron chi connectivity index (χ3n) is 4.74. The van der Waals surface area contributed by atoms with E-state index in [0.29, 0.717) is 28.7 Å². The Labute approximate surface area is 171 Å². The maximum Gasteiger partial charge on any atom is 0.257 e. The summed E-state index contributed by atoms with van der Waals surface area (Å²) >= 11 is 1.55. The van der Waals surface area contributed by atoms with Gasteiger partial charge in [0, 0.05) is 24.3 Å². The topological polar surface area (TPSA) is 89.9 Å². The fourth-order valence-corrected chi connectivity index (χ4v) is 3.82. The summed E-state index contributed by atoms with van der Waals surface area (Å²) in [6.45, 7) is 5.74. The molecule has 4 heterocycles. The highest BCUT2D eigenvalue weighted by molar-refractivity contribution is 7.09. The Hall–Kier alpha value is -3.33. The molecule has 148 valence electrons. The first-order valence-electron chi connectivity index (χ1n) is 9.07. The van der Waals surface area contributed by atoms with E-state index in [-0.39, 0.29) is 11.9 Å². The Morgan fingerprint density at radius 1 is 1.28 bits per heavy atom. The lowest BCUT2D eigenvalue weighted by molar-refractivity contribution is 0.0741. The van der Waals surface area contributed by atoms with E-state index in [9.17, 15) is 4.79 Å². The minimum absolute atomic E-state index is 0.128. The highest BCUT2D eigenvalue weighted by Crippen LogP contribution is 2.25. The average molecular weight is 408 g/mol. The second-order valence-electron chi connectivity index (χ2n) is 6.69. The summed E-state index contributed by atoms with van der Waals surface area (Å²) in [5, 5.41) is 7.23. The molecule has 4 aromatic heterocycles. The zero-order valence-corrected chi connectivity index (χ0v) is 17.3. The van der Waals surface area contributed by atoms with E-state index in [1.54, 1.807) is 58.8 Å². The second-order valence-corrected chi connectivity index (χ2v) is 7.58. The zero-order valence-electron chi connectivity index (χ0n) is 16.5. The molecule has 8 nitrogen and oxygen atoms in total. The summed E-state index contributed by atoms with van der Waals surface area (Å²) in [6, 6.07) is 5.25. The minimum atomic E-state index is -0.137. The van der Waals surface area contributed by atoms with Crippen molar-refractivity contribution >= 4 is 17.2 Å². The van der Waals surface area contributed by atoms with Gasteiger partial charge in [-0.1, -0.05) is 0 Å². The molecule has 29 heavy (non-hydrogen) atoms. The first-order valence-corrected chi connectivity index (χ1v) is 9.94. The standard InChI is InChI=1S/C20H20N6O2S/c1-12-11-29-18(23-12)14(3)25(4)19(27)15-10-22-26(13(15)2)20-21-8-7-16(24-20)17-6-5-9-28-17/h5-11,14H,1-4H3. The van der Waals surface area contributed by atoms with Crippen molar-refractivity contribution in [2.24, 2.45) is 0 Å². The molecule has 0 saturated carbocycles. The Balaban J connectivity index is 1.62. The smallest absolute Gasteiger partial charge is 0.257 e. The number of amides is 1. The average Bonchev–Trinajstić information content (AvgIpc) is 3.47. The molecule has 0 fully saturated rings. The zero-order chi connectivity index (χ0) is 20.5. The summed E-state index contributed by atoms with van der Waals surface area (Å²) in [6.07, 6.45) is 4.78. The van der Waals surface area contributed by atoms with Crippen LogP contribution in [0.15, 0.2) is 46.7 Å². The monoisotopic (exact) mass is 408 g/mol. The van der Waals surface area contributed by atoms with Crippen LogP contribution in [-0.4, -0.2) is 42.6 Å². The highest BCUT2D eigenvalue weighted by atomic mass is 32.1. The quantitative estimate of drug-likeness (QED) is 0.499. The number of hydrogen-bond donors (Lipinski definition) is 0. The third kappa shape index (κ3) is 3.56. The van der Waals surface area contributed by atoms with Crippen LogP contribution in [0.1, 0.15) is 39.7 Å². The predicted molar refractivity (Wildman–Crippen MR) is 109 cm³/mol. The largest absolute Gasteiger partial charge is 0.463 e. The van der Waals surface area contributed by atoms with Gasteiger partial charge in [-0.2, -0.15) is 5.10 Å². The summed E-state index contributed by atoms with van der Waals surface area (Å²) < 4.78 is 6.96. The van der Waals surface area contributed by atoms with Gasteiger partial charge in [-0.25, -0.2) is 19.6 Å². The van der Waals surface area contributed by atoms with Crippen LogP contribution in [0, 0.1) is 13.8 Å². The van der Waals surface area contributed by atoms with Crippen LogP contribution in [0.5, 0.6) is 0 Å². The lowest BCUT2D eigenvalue weighted by atomic mass is 10.2. The minimum Gasteiger partial charge on any atom is -0.463 e. The molecule has 0 spiro atoms. The van der Waals surface area contributed by atoms with Crippen molar-refractivity contribution in [1.82, 2.24) is 29.6 Å². The van der Waals surface area contributed by atoms with E-state index in [1.807, 2.05) is 32.2 Å².